The lowest BCUT2D eigenvalue weighted by Gasteiger charge is -2.34. The van der Waals surface area contributed by atoms with Crippen molar-refractivity contribution in [2.45, 2.75) is 19.9 Å². The Labute approximate surface area is 149 Å². The van der Waals surface area contributed by atoms with E-state index in [0.29, 0.717) is 6.54 Å². The SMILES string of the molecule is Cc1cccc(CCNC(=O)N2CCN(Cc3ccccn3)CC2)c1. The Morgan fingerprint density at radius 1 is 1.12 bits per heavy atom. The molecule has 5 heteroatoms. The maximum absolute atomic E-state index is 12.3. The molecular formula is C20H26N4O. The van der Waals surface area contributed by atoms with Gasteiger partial charge in [0.05, 0.1) is 5.69 Å². The number of carbonyl (C=O) groups is 1. The predicted octanol–water partition coefficient (Wildman–Crippen LogP) is 2.46. The number of nitrogens with zero attached hydrogens (tertiary/aromatic N) is 3. The number of hydrogen-bond donors (Lipinski definition) is 1. The monoisotopic (exact) mass is 338 g/mol. The van der Waals surface area contributed by atoms with Crippen molar-refractivity contribution in [1.82, 2.24) is 20.1 Å². The van der Waals surface area contributed by atoms with E-state index in [1.807, 2.05) is 29.3 Å². The highest BCUT2D eigenvalue weighted by Crippen LogP contribution is 2.07. The average Bonchev–Trinajstić information content (AvgIpc) is 2.63. The van der Waals surface area contributed by atoms with Crippen LogP contribution in [0.25, 0.3) is 0 Å². The molecule has 1 fully saturated rings. The lowest BCUT2D eigenvalue weighted by Crippen LogP contribution is -2.51. The van der Waals surface area contributed by atoms with Gasteiger partial charge in [-0.3, -0.25) is 9.88 Å². The van der Waals surface area contributed by atoms with Crippen LogP contribution in [0.5, 0.6) is 0 Å². The van der Waals surface area contributed by atoms with Crippen molar-refractivity contribution in [1.29, 1.82) is 0 Å². The lowest BCUT2D eigenvalue weighted by atomic mass is 10.1. The predicted molar refractivity (Wildman–Crippen MR) is 99.4 cm³/mol. The second-order valence-electron chi connectivity index (χ2n) is 6.56. The number of hydrogen-bond acceptors (Lipinski definition) is 3. The molecule has 2 amide bonds. The van der Waals surface area contributed by atoms with Crippen LogP contribution in [0.1, 0.15) is 16.8 Å². The van der Waals surface area contributed by atoms with E-state index in [0.717, 1.165) is 44.8 Å². The van der Waals surface area contributed by atoms with Gasteiger partial charge in [0.1, 0.15) is 0 Å². The molecular weight excluding hydrogens is 312 g/mol. The lowest BCUT2D eigenvalue weighted by molar-refractivity contribution is 0.134. The molecule has 0 unspecified atom stereocenters. The molecule has 5 nitrogen and oxygen atoms in total. The van der Waals surface area contributed by atoms with Gasteiger partial charge in [-0.1, -0.05) is 35.9 Å². The van der Waals surface area contributed by atoms with Crippen LogP contribution < -0.4 is 5.32 Å². The van der Waals surface area contributed by atoms with E-state index in [1.54, 1.807) is 0 Å². The second kappa shape index (κ2) is 8.62. The maximum atomic E-state index is 12.3. The summed E-state index contributed by atoms with van der Waals surface area (Å²) in [4.78, 5) is 20.9. The Morgan fingerprint density at radius 2 is 1.96 bits per heavy atom. The molecule has 0 aliphatic carbocycles. The molecule has 1 aliphatic rings. The summed E-state index contributed by atoms with van der Waals surface area (Å²) in [5.74, 6) is 0. The smallest absolute Gasteiger partial charge is 0.317 e. The Kier molecular flexibility index (Phi) is 6.01. The number of aromatic nitrogens is 1. The van der Waals surface area contributed by atoms with Gasteiger partial charge in [0.15, 0.2) is 0 Å². The fraction of sp³-hybridized carbons (Fsp3) is 0.400. The van der Waals surface area contributed by atoms with Crippen LogP contribution in [0.15, 0.2) is 48.7 Å². The normalized spacial score (nSPS) is 15.2. The number of urea groups is 1. The summed E-state index contributed by atoms with van der Waals surface area (Å²) >= 11 is 0. The van der Waals surface area contributed by atoms with Gasteiger partial charge in [0.2, 0.25) is 0 Å². The van der Waals surface area contributed by atoms with Crippen molar-refractivity contribution in [2.24, 2.45) is 0 Å². The highest BCUT2D eigenvalue weighted by molar-refractivity contribution is 5.74. The number of nitrogens with one attached hydrogen (secondary N) is 1. The van der Waals surface area contributed by atoms with E-state index in [9.17, 15) is 4.79 Å². The molecule has 132 valence electrons. The van der Waals surface area contributed by atoms with E-state index < -0.39 is 0 Å². The molecule has 1 saturated heterocycles. The zero-order valence-electron chi connectivity index (χ0n) is 14.8. The highest BCUT2D eigenvalue weighted by Gasteiger charge is 2.20. The van der Waals surface area contributed by atoms with Crippen molar-refractivity contribution >= 4 is 6.03 Å². The summed E-state index contributed by atoms with van der Waals surface area (Å²) < 4.78 is 0. The first-order valence-corrected chi connectivity index (χ1v) is 8.91. The van der Waals surface area contributed by atoms with Crippen molar-refractivity contribution < 1.29 is 4.79 Å². The molecule has 0 spiro atoms. The summed E-state index contributed by atoms with van der Waals surface area (Å²) in [6, 6.07) is 14.5. The number of benzene rings is 1. The minimum atomic E-state index is 0.0464. The number of carbonyl (C=O) groups excluding carboxylic acids is 1. The zero-order valence-corrected chi connectivity index (χ0v) is 14.8. The average molecular weight is 338 g/mol. The second-order valence-corrected chi connectivity index (χ2v) is 6.56. The van der Waals surface area contributed by atoms with Crippen LogP contribution in [0.2, 0.25) is 0 Å². The number of rotatable bonds is 5. The van der Waals surface area contributed by atoms with Crippen LogP contribution in [0, 0.1) is 6.92 Å². The molecule has 2 aromatic rings. The molecule has 3 rings (SSSR count). The number of pyridine rings is 1. The van der Waals surface area contributed by atoms with E-state index in [4.69, 9.17) is 0 Å². The summed E-state index contributed by atoms with van der Waals surface area (Å²) in [7, 11) is 0. The first-order valence-electron chi connectivity index (χ1n) is 8.91. The van der Waals surface area contributed by atoms with Gasteiger partial charge in [-0.25, -0.2) is 4.79 Å². The third-order valence-electron chi connectivity index (χ3n) is 4.54. The fourth-order valence-corrected chi connectivity index (χ4v) is 3.12. The van der Waals surface area contributed by atoms with Crippen molar-refractivity contribution in [3.8, 4) is 0 Å². The molecule has 25 heavy (non-hydrogen) atoms. The number of amides is 2. The molecule has 1 aliphatic heterocycles. The molecule has 1 aromatic carbocycles. The Morgan fingerprint density at radius 3 is 2.68 bits per heavy atom. The summed E-state index contributed by atoms with van der Waals surface area (Å²) in [5, 5.41) is 3.04. The van der Waals surface area contributed by atoms with Gasteiger partial charge in [0, 0.05) is 45.5 Å². The number of piperazine rings is 1. The third-order valence-corrected chi connectivity index (χ3v) is 4.54. The standard InChI is InChI=1S/C20H26N4O/c1-17-5-4-6-18(15-17)8-10-22-20(25)24-13-11-23(12-14-24)16-19-7-2-3-9-21-19/h2-7,9,15H,8,10-14,16H2,1H3,(H,22,25). The van der Waals surface area contributed by atoms with Gasteiger partial charge < -0.3 is 10.2 Å². The first-order chi connectivity index (χ1) is 12.2. The topological polar surface area (TPSA) is 48.5 Å². The molecule has 0 atom stereocenters. The molecule has 1 aromatic heterocycles. The molecule has 0 radical (unpaired) electrons. The third kappa shape index (κ3) is 5.29. The van der Waals surface area contributed by atoms with Crippen molar-refractivity contribution in [3.63, 3.8) is 0 Å². The summed E-state index contributed by atoms with van der Waals surface area (Å²) in [6.07, 6.45) is 2.69. The minimum absolute atomic E-state index is 0.0464. The first kappa shape index (κ1) is 17.4. The Hall–Kier alpha value is -2.40. The quantitative estimate of drug-likeness (QED) is 0.911. The summed E-state index contributed by atoms with van der Waals surface area (Å²) in [5.41, 5.74) is 3.60. The van der Waals surface area contributed by atoms with Crippen molar-refractivity contribution in [3.05, 3.63) is 65.5 Å². The maximum Gasteiger partial charge on any atom is 0.317 e. The minimum Gasteiger partial charge on any atom is -0.338 e. The van der Waals surface area contributed by atoms with Gasteiger partial charge >= 0.3 is 6.03 Å². The van der Waals surface area contributed by atoms with Crippen molar-refractivity contribution in [2.75, 3.05) is 32.7 Å². The van der Waals surface area contributed by atoms with E-state index in [1.165, 1.54) is 11.1 Å². The Bertz CT molecular complexity index is 681. The van der Waals surface area contributed by atoms with Crippen LogP contribution in [0.4, 0.5) is 4.79 Å². The summed E-state index contributed by atoms with van der Waals surface area (Å²) in [6.45, 7) is 6.93. The molecule has 0 bridgehead atoms. The molecule has 1 N–H and O–H groups in total. The van der Waals surface area contributed by atoms with E-state index in [-0.39, 0.29) is 6.03 Å². The van der Waals surface area contributed by atoms with Gasteiger partial charge in [-0.15, -0.1) is 0 Å². The van der Waals surface area contributed by atoms with Crippen LogP contribution >= 0.6 is 0 Å². The molecule has 0 saturated carbocycles. The zero-order chi connectivity index (χ0) is 17.5. The van der Waals surface area contributed by atoms with Gasteiger partial charge in [-0.05, 0) is 31.0 Å². The Balaban J connectivity index is 1.38. The highest BCUT2D eigenvalue weighted by atomic mass is 16.2. The van der Waals surface area contributed by atoms with Crippen LogP contribution in [0.3, 0.4) is 0 Å². The molecule has 2 heterocycles. The van der Waals surface area contributed by atoms with E-state index >= 15 is 0 Å². The van der Waals surface area contributed by atoms with E-state index in [2.05, 4.69) is 46.4 Å². The number of aryl methyl sites for hydroxylation is 1. The van der Waals surface area contributed by atoms with Gasteiger partial charge in [0.25, 0.3) is 0 Å². The van der Waals surface area contributed by atoms with Gasteiger partial charge in [-0.2, -0.15) is 0 Å². The van der Waals surface area contributed by atoms with Crippen LogP contribution in [-0.4, -0.2) is 53.5 Å². The largest absolute Gasteiger partial charge is 0.338 e. The fourth-order valence-electron chi connectivity index (χ4n) is 3.12. The van der Waals surface area contributed by atoms with Crippen LogP contribution in [-0.2, 0) is 13.0 Å².